The lowest BCUT2D eigenvalue weighted by atomic mass is 10.1. The number of aromatic nitrogens is 2. The first-order valence-electron chi connectivity index (χ1n) is 5.28. The molecule has 1 aromatic carbocycles. The molecule has 0 spiro atoms. The Bertz CT molecular complexity index is 679. The Kier molecular flexibility index (Phi) is 3.43. The van der Waals surface area contributed by atoms with Crippen molar-refractivity contribution >= 4 is 5.82 Å². The normalized spacial score (nSPS) is 10.9. The molecule has 0 saturated heterocycles. The zero-order valence-electron chi connectivity index (χ0n) is 9.85. The number of anilines is 1. The van der Waals surface area contributed by atoms with Gasteiger partial charge in [-0.2, -0.15) is 5.26 Å². The van der Waals surface area contributed by atoms with Crippen LogP contribution in [-0.2, 0) is 0 Å². The molecular formula is C12H7F3N4O. The van der Waals surface area contributed by atoms with Crippen molar-refractivity contribution in [3.63, 3.8) is 0 Å². The summed E-state index contributed by atoms with van der Waals surface area (Å²) in [7, 11) is 0. The third-order valence-electron chi connectivity index (χ3n) is 2.27. The van der Waals surface area contributed by atoms with E-state index in [2.05, 4.69) is 14.7 Å². The van der Waals surface area contributed by atoms with Gasteiger partial charge in [0.1, 0.15) is 11.8 Å². The number of nitrogens with zero attached hydrogens (tertiary/aromatic N) is 3. The quantitative estimate of drug-likeness (QED) is 0.913. The van der Waals surface area contributed by atoms with Crippen molar-refractivity contribution in [1.82, 2.24) is 9.97 Å². The second kappa shape index (κ2) is 5.05. The summed E-state index contributed by atoms with van der Waals surface area (Å²) in [5.41, 5.74) is 5.88. The van der Waals surface area contributed by atoms with Gasteiger partial charge in [-0.3, -0.25) is 0 Å². The molecular weight excluding hydrogens is 273 g/mol. The van der Waals surface area contributed by atoms with Crippen LogP contribution in [0.3, 0.4) is 0 Å². The Morgan fingerprint density at radius 1 is 1.30 bits per heavy atom. The van der Waals surface area contributed by atoms with Gasteiger partial charge in [0.15, 0.2) is 11.5 Å². The fraction of sp³-hybridized carbons (Fsp3) is 0.0833. The van der Waals surface area contributed by atoms with E-state index in [1.165, 1.54) is 18.3 Å². The average Bonchev–Trinajstić information content (AvgIpc) is 2.37. The number of nitrogens with two attached hydrogens (primary N) is 1. The number of rotatable bonds is 2. The molecule has 0 aliphatic carbocycles. The lowest BCUT2D eigenvalue weighted by molar-refractivity contribution is -0.274. The molecule has 102 valence electrons. The monoisotopic (exact) mass is 280 g/mol. The molecule has 0 bridgehead atoms. The number of benzene rings is 1. The van der Waals surface area contributed by atoms with E-state index in [1.54, 1.807) is 6.07 Å². The van der Waals surface area contributed by atoms with Crippen molar-refractivity contribution in [2.75, 3.05) is 5.73 Å². The van der Waals surface area contributed by atoms with Crippen molar-refractivity contribution < 1.29 is 17.9 Å². The van der Waals surface area contributed by atoms with Crippen LogP contribution in [0.25, 0.3) is 11.3 Å². The summed E-state index contributed by atoms with van der Waals surface area (Å²) >= 11 is 0. The third kappa shape index (κ3) is 3.14. The zero-order chi connectivity index (χ0) is 14.8. The number of halogens is 3. The molecule has 8 heteroatoms. The van der Waals surface area contributed by atoms with Crippen LogP contribution >= 0.6 is 0 Å². The summed E-state index contributed by atoms with van der Waals surface area (Å²) in [6, 6.07) is 6.95. The molecule has 5 nitrogen and oxygen atoms in total. The molecule has 0 atom stereocenters. The van der Waals surface area contributed by atoms with Crippen molar-refractivity contribution in [1.29, 1.82) is 5.26 Å². The van der Waals surface area contributed by atoms with E-state index >= 15 is 0 Å². The van der Waals surface area contributed by atoms with Gasteiger partial charge in [-0.15, -0.1) is 13.2 Å². The average molecular weight is 280 g/mol. The van der Waals surface area contributed by atoms with Crippen LogP contribution in [0.15, 0.2) is 30.5 Å². The van der Waals surface area contributed by atoms with Gasteiger partial charge < -0.3 is 10.5 Å². The number of ether oxygens (including phenoxy) is 1. The lowest BCUT2D eigenvalue weighted by Gasteiger charge is -2.10. The summed E-state index contributed by atoms with van der Waals surface area (Å²) < 4.78 is 40.2. The van der Waals surface area contributed by atoms with Crippen molar-refractivity contribution in [3.8, 4) is 23.1 Å². The Labute approximate surface area is 111 Å². The van der Waals surface area contributed by atoms with E-state index in [0.29, 0.717) is 5.56 Å². The van der Waals surface area contributed by atoms with Crippen LogP contribution in [0.2, 0.25) is 0 Å². The first-order chi connectivity index (χ1) is 9.39. The van der Waals surface area contributed by atoms with Crippen LogP contribution in [0.5, 0.6) is 5.75 Å². The van der Waals surface area contributed by atoms with Gasteiger partial charge in [-0.05, 0) is 12.1 Å². The van der Waals surface area contributed by atoms with Crippen LogP contribution in [0, 0.1) is 11.3 Å². The molecule has 20 heavy (non-hydrogen) atoms. The molecule has 0 saturated carbocycles. The molecule has 0 unspecified atom stereocenters. The molecule has 1 aromatic heterocycles. The molecule has 0 aliphatic heterocycles. The van der Waals surface area contributed by atoms with Gasteiger partial charge in [-0.1, -0.05) is 12.1 Å². The molecule has 2 rings (SSSR count). The van der Waals surface area contributed by atoms with Gasteiger partial charge in [0.2, 0.25) is 0 Å². The molecule has 0 radical (unpaired) electrons. The summed E-state index contributed by atoms with van der Waals surface area (Å²) in [4.78, 5) is 7.67. The van der Waals surface area contributed by atoms with Crippen LogP contribution in [0.1, 0.15) is 5.69 Å². The maximum absolute atomic E-state index is 12.1. The predicted molar refractivity (Wildman–Crippen MR) is 63.3 cm³/mol. The van der Waals surface area contributed by atoms with Crippen molar-refractivity contribution in [2.45, 2.75) is 6.36 Å². The second-order valence-corrected chi connectivity index (χ2v) is 3.68. The van der Waals surface area contributed by atoms with Gasteiger partial charge >= 0.3 is 6.36 Å². The molecule has 0 aliphatic rings. The first-order valence-corrected chi connectivity index (χ1v) is 5.28. The molecule has 2 N–H and O–H groups in total. The Morgan fingerprint density at radius 2 is 2.05 bits per heavy atom. The first kappa shape index (κ1) is 13.6. The molecule has 1 heterocycles. The van der Waals surface area contributed by atoms with Crippen LogP contribution < -0.4 is 10.5 Å². The fourth-order valence-electron chi connectivity index (χ4n) is 1.47. The number of hydrogen-bond acceptors (Lipinski definition) is 5. The van der Waals surface area contributed by atoms with E-state index in [9.17, 15) is 13.2 Å². The highest BCUT2D eigenvalue weighted by molar-refractivity contribution is 5.62. The smallest absolute Gasteiger partial charge is 0.406 e. The summed E-state index contributed by atoms with van der Waals surface area (Å²) in [5.74, 6) is -0.425. The minimum Gasteiger partial charge on any atom is -0.406 e. The third-order valence-corrected chi connectivity index (χ3v) is 2.27. The van der Waals surface area contributed by atoms with Crippen molar-refractivity contribution in [3.05, 3.63) is 36.2 Å². The van der Waals surface area contributed by atoms with Crippen LogP contribution in [-0.4, -0.2) is 16.3 Å². The largest absolute Gasteiger partial charge is 0.573 e. The Balaban J connectivity index is 2.39. The van der Waals surface area contributed by atoms with Gasteiger partial charge in [0.25, 0.3) is 0 Å². The van der Waals surface area contributed by atoms with E-state index in [-0.39, 0.29) is 23.0 Å². The number of hydrogen-bond donors (Lipinski definition) is 1. The Morgan fingerprint density at radius 3 is 2.70 bits per heavy atom. The fourth-order valence-corrected chi connectivity index (χ4v) is 1.47. The topological polar surface area (TPSA) is 84.8 Å². The molecule has 0 fully saturated rings. The maximum atomic E-state index is 12.1. The molecule has 0 amide bonds. The van der Waals surface area contributed by atoms with Crippen molar-refractivity contribution in [2.24, 2.45) is 0 Å². The SMILES string of the molecule is N#Cc1nc(-c2cccc(OC(F)(F)F)c2)cnc1N. The second-order valence-electron chi connectivity index (χ2n) is 3.68. The minimum atomic E-state index is -4.77. The number of alkyl halides is 3. The summed E-state index contributed by atoms with van der Waals surface area (Å²) in [6.45, 7) is 0. The highest BCUT2D eigenvalue weighted by Crippen LogP contribution is 2.27. The van der Waals surface area contributed by atoms with E-state index < -0.39 is 6.36 Å². The van der Waals surface area contributed by atoms with E-state index in [0.717, 1.165) is 12.1 Å². The summed E-state index contributed by atoms with van der Waals surface area (Å²) in [5, 5.41) is 8.79. The zero-order valence-corrected chi connectivity index (χ0v) is 9.85. The highest BCUT2D eigenvalue weighted by atomic mass is 19.4. The van der Waals surface area contributed by atoms with Gasteiger partial charge in [0, 0.05) is 5.56 Å². The predicted octanol–water partition coefficient (Wildman–Crippen LogP) is 2.50. The number of nitriles is 1. The molecule has 2 aromatic rings. The van der Waals surface area contributed by atoms with Gasteiger partial charge in [-0.25, -0.2) is 9.97 Å². The lowest BCUT2D eigenvalue weighted by Crippen LogP contribution is -2.17. The standard InChI is InChI=1S/C12H7F3N4O/c13-12(14,15)20-8-3-1-2-7(4-8)10-6-18-11(17)9(5-16)19-10/h1-4,6H,(H2,17,18). The summed E-state index contributed by atoms with van der Waals surface area (Å²) in [6.07, 6.45) is -3.51. The van der Waals surface area contributed by atoms with Gasteiger partial charge in [0.05, 0.1) is 11.9 Å². The van der Waals surface area contributed by atoms with E-state index in [1.807, 2.05) is 0 Å². The maximum Gasteiger partial charge on any atom is 0.573 e. The minimum absolute atomic E-state index is 0.0426. The van der Waals surface area contributed by atoms with E-state index in [4.69, 9.17) is 11.0 Å². The number of nitrogen functional groups attached to an aromatic ring is 1. The highest BCUT2D eigenvalue weighted by Gasteiger charge is 2.31. The van der Waals surface area contributed by atoms with Crippen LogP contribution in [0.4, 0.5) is 19.0 Å². The Hall–Kier alpha value is -2.82.